The Labute approximate surface area is 169 Å². The standard InChI is InChI=1S/C21H23ClN2O4/c1-23-13-11-17-18(12-14-23)20(10-9-19(17)22)28-21(25)4-2-3-15-5-7-16(8-6-15)24(26)27/h5-10H,2-4,11-14H2,1H3. The maximum absolute atomic E-state index is 12.3. The molecule has 0 saturated heterocycles. The van der Waals surface area contributed by atoms with Gasteiger partial charge in [-0.15, -0.1) is 0 Å². The van der Waals surface area contributed by atoms with Crippen molar-refractivity contribution in [2.75, 3.05) is 20.1 Å². The van der Waals surface area contributed by atoms with Crippen molar-refractivity contribution < 1.29 is 14.5 Å². The molecule has 28 heavy (non-hydrogen) atoms. The Bertz CT molecular complexity index is 867. The van der Waals surface area contributed by atoms with Gasteiger partial charge < -0.3 is 9.64 Å². The molecule has 0 amide bonds. The van der Waals surface area contributed by atoms with Crippen molar-refractivity contribution in [3.8, 4) is 5.75 Å². The average molecular weight is 403 g/mol. The minimum Gasteiger partial charge on any atom is -0.426 e. The second-order valence-electron chi connectivity index (χ2n) is 7.06. The first kappa shape index (κ1) is 20.3. The number of hydrogen-bond acceptors (Lipinski definition) is 5. The molecular weight excluding hydrogens is 380 g/mol. The summed E-state index contributed by atoms with van der Waals surface area (Å²) in [6, 6.07) is 9.98. The molecule has 2 aromatic rings. The summed E-state index contributed by atoms with van der Waals surface area (Å²) in [7, 11) is 2.07. The third-order valence-corrected chi connectivity index (χ3v) is 5.39. The van der Waals surface area contributed by atoms with Crippen molar-refractivity contribution in [2.45, 2.75) is 32.1 Å². The summed E-state index contributed by atoms with van der Waals surface area (Å²) >= 11 is 6.35. The van der Waals surface area contributed by atoms with Crippen LogP contribution in [0.4, 0.5) is 5.69 Å². The molecule has 2 aromatic carbocycles. The van der Waals surface area contributed by atoms with Crippen LogP contribution in [0.1, 0.15) is 29.5 Å². The number of rotatable bonds is 6. The monoisotopic (exact) mass is 402 g/mol. The molecule has 3 rings (SSSR count). The fraction of sp³-hybridized carbons (Fsp3) is 0.381. The van der Waals surface area contributed by atoms with Crippen molar-refractivity contribution in [3.05, 3.63) is 68.2 Å². The van der Waals surface area contributed by atoms with Crippen molar-refractivity contribution in [1.82, 2.24) is 4.90 Å². The Kier molecular flexibility index (Phi) is 6.65. The van der Waals surface area contributed by atoms with Gasteiger partial charge in [0.25, 0.3) is 5.69 Å². The van der Waals surface area contributed by atoms with Crippen molar-refractivity contribution >= 4 is 23.3 Å². The highest BCUT2D eigenvalue weighted by atomic mass is 35.5. The molecule has 0 radical (unpaired) electrons. The van der Waals surface area contributed by atoms with Crippen LogP contribution in [0.25, 0.3) is 0 Å². The number of halogens is 1. The summed E-state index contributed by atoms with van der Waals surface area (Å²) in [6.45, 7) is 1.83. The molecule has 1 heterocycles. The van der Waals surface area contributed by atoms with E-state index in [0.717, 1.165) is 47.6 Å². The van der Waals surface area contributed by atoms with E-state index in [1.165, 1.54) is 12.1 Å². The van der Waals surface area contributed by atoms with Gasteiger partial charge >= 0.3 is 5.97 Å². The summed E-state index contributed by atoms with van der Waals surface area (Å²) in [5, 5.41) is 11.4. The molecule has 0 atom stereocenters. The number of carbonyl (C=O) groups is 1. The van der Waals surface area contributed by atoms with Crippen LogP contribution in [0.2, 0.25) is 5.02 Å². The highest BCUT2D eigenvalue weighted by Gasteiger charge is 2.19. The number of nitrogens with zero attached hydrogens (tertiary/aromatic N) is 2. The molecule has 0 aliphatic carbocycles. The molecule has 0 bridgehead atoms. The Morgan fingerprint density at radius 3 is 2.50 bits per heavy atom. The quantitative estimate of drug-likeness (QED) is 0.313. The first-order chi connectivity index (χ1) is 13.4. The highest BCUT2D eigenvalue weighted by Crippen LogP contribution is 2.32. The van der Waals surface area contributed by atoms with Crippen LogP contribution in [0.15, 0.2) is 36.4 Å². The summed E-state index contributed by atoms with van der Waals surface area (Å²) in [6.07, 6.45) is 3.22. The zero-order chi connectivity index (χ0) is 20.1. The number of fused-ring (bicyclic) bond motifs is 1. The fourth-order valence-electron chi connectivity index (χ4n) is 3.39. The van der Waals surface area contributed by atoms with E-state index >= 15 is 0 Å². The Balaban J connectivity index is 1.57. The van der Waals surface area contributed by atoms with Gasteiger partial charge in [0.2, 0.25) is 0 Å². The van der Waals surface area contributed by atoms with Crippen LogP contribution < -0.4 is 4.74 Å². The number of carbonyl (C=O) groups excluding carboxylic acids is 1. The molecule has 0 spiro atoms. The predicted octanol–water partition coefficient (Wildman–Crippen LogP) is 4.21. The van der Waals surface area contributed by atoms with Gasteiger partial charge in [-0.1, -0.05) is 23.7 Å². The Hall–Kier alpha value is -2.44. The fourth-order valence-corrected chi connectivity index (χ4v) is 3.67. The van der Waals surface area contributed by atoms with E-state index in [0.29, 0.717) is 18.6 Å². The van der Waals surface area contributed by atoms with Gasteiger partial charge in [-0.3, -0.25) is 14.9 Å². The van der Waals surface area contributed by atoms with Crippen molar-refractivity contribution in [1.29, 1.82) is 0 Å². The lowest BCUT2D eigenvalue weighted by Crippen LogP contribution is -2.20. The normalized spacial score (nSPS) is 14.2. The number of benzene rings is 2. The average Bonchev–Trinajstić information content (AvgIpc) is 2.87. The van der Waals surface area contributed by atoms with Crippen LogP contribution in [-0.4, -0.2) is 35.9 Å². The van der Waals surface area contributed by atoms with E-state index in [1.54, 1.807) is 24.3 Å². The number of likely N-dealkylation sites (N-methyl/N-ethyl adjacent to an activating group) is 1. The zero-order valence-electron chi connectivity index (χ0n) is 15.8. The second kappa shape index (κ2) is 9.17. The molecule has 0 aromatic heterocycles. The number of hydrogen-bond donors (Lipinski definition) is 0. The third-order valence-electron chi connectivity index (χ3n) is 5.04. The molecule has 7 heteroatoms. The molecule has 0 N–H and O–H groups in total. The molecule has 0 saturated carbocycles. The Morgan fingerprint density at radius 1 is 1.14 bits per heavy atom. The second-order valence-corrected chi connectivity index (χ2v) is 7.46. The van der Waals surface area contributed by atoms with E-state index in [9.17, 15) is 14.9 Å². The van der Waals surface area contributed by atoms with Gasteiger partial charge in [-0.25, -0.2) is 0 Å². The van der Waals surface area contributed by atoms with E-state index in [4.69, 9.17) is 16.3 Å². The highest BCUT2D eigenvalue weighted by molar-refractivity contribution is 6.31. The lowest BCUT2D eigenvalue weighted by Gasteiger charge is -2.14. The van der Waals surface area contributed by atoms with Crippen LogP contribution >= 0.6 is 11.6 Å². The maximum atomic E-state index is 12.3. The van der Waals surface area contributed by atoms with Crippen LogP contribution in [0.5, 0.6) is 5.75 Å². The number of esters is 1. The third kappa shape index (κ3) is 5.09. The molecule has 148 valence electrons. The largest absolute Gasteiger partial charge is 0.426 e. The number of ether oxygens (including phenoxy) is 1. The van der Waals surface area contributed by atoms with Gasteiger partial charge in [0, 0.05) is 42.2 Å². The molecule has 1 aliphatic heterocycles. The smallest absolute Gasteiger partial charge is 0.311 e. The summed E-state index contributed by atoms with van der Waals surface area (Å²) in [5.41, 5.74) is 3.13. The lowest BCUT2D eigenvalue weighted by molar-refractivity contribution is -0.384. The van der Waals surface area contributed by atoms with Crippen LogP contribution in [0, 0.1) is 10.1 Å². The van der Waals surface area contributed by atoms with Crippen LogP contribution in [0.3, 0.4) is 0 Å². The van der Waals surface area contributed by atoms with Crippen LogP contribution in [-0.2, 0) is 24.1 Å². The van der Waals surface area contributed by atoms with Crippen molar-refractivity contribution in [2.24, 2.45) is 0 Å². The number of non-ortho nitro benzene ring substituents is 1. The first-order valence-electron chi connectivity index (χ1n) is 9.37. The van der Waals surface area contributed by atoms with E-state index in [1.807, 2.05) is 0 Å². The number of nitro benzene ring substituents is 1. The van der Waals surface area contributed by atoms with Gasteiger partial charge in [0.05, 0.1) is 4.92 Å². The van der Waals surface area contributed by atoms with E-state index < -0.39 is 4.92 Å². The maximum Gasteiger partial charge on any atom is 0.311 e. The first-order valence-corrected chi connectivity index (χ1v) is 9.74. The molecule has 6 nitrogen and oxygen atoms in total. The number of aryl methyl sites for hydroxylation is 1. The minimum absolute atomic E-state index is 0.0669. The minimum atomic E-state index is -0.423. The summed E-state index contributed by atoms with van der Waals surface area (Å²) in [4.78, 5) is 24.8. The van der Waals surface area contributed by atoms with Gasteiger partial charge in [-0.05, 0) is 56.0 Å². The lowest BCUT2D eigenvalue weighted by atomic mass is 10.0. The summed E-state index contributed by atoms with van der Waals surface area (Å²) < 4.78 is 5.64. The van der Waals surface area contributed by atoms with Crippen molar-refractivity contribution in [3.63, 3.8) is 0 Å². The topological polar surface area (TPSA) is 72.7 Å². The summed E-state index contributed by atoms with van der Waals surface area (Å²) in [5.74, 6) is 0.332. The van der Waals surface area contributed by atoms with E-state index in [-0.39, 0.29) is 18.1 Å². The molecule has 0 fully saturated rings. The SMILES string of the molecule is CN1CCc2c(Cl)ccc(OC(=O)CCCc3ccc([N+](=O)[O-])cc3)c2CC1. The van der Waals surface area contributed by atoms with E-state index in [2.05, 4.69) is 11.9 Å². The predicted molar refractivity (Wildman–Crippen MR) is 108 cm³/mol. The molecule has 0 unspecified atom stereocenters. The molecular formula is C21H23ClN2O4. The zero-order valence-corrected chi connectivity index (χ0v) is 16.6. The molecule has 1 aliphatic rings. The van der Waals surface area contributed by atoms with Gasteiger partial charge in [-0.2, -0.15) is 0 Å². The Morgan fingerprint density at radius 2 is 1.82 bits per heavy atom. The number of nitro groups is 1. The van der Waals surface area contributed by atoms with Gasteiger partial charge in [0.1, 0.15) is 5.75 Å². The van der Waals surface area contributed by atoms with Gasteiger partial charge in [0.15, 0.2) is 0 Å².